The summed E-state index contributed by atoms with van der Waals surface area (Å²) in [6, 6.07) is 0. The van der Waals surface area contributed by atoms with Gasteiger partial charge in [-0.3, -0.25) is 0 Å². The second kappa shape index (κ2) is 4.81. The van der Waals surface area contributed by atoms with Crippen LogP contribution in [-0.4, -0.2) is 20.1 Å². The first-order valence-corrected chi connectivity index (χ1v) is 2.82. The van der Waals surface area contributed by atoms with Crippen LogP contribution in [0.2, 0.25) is 0 Å². The van der Waals surface area contributed by atoms with Gasteiger partial charge in [-0.05, 0) is 20.0 Å². The number of hydrogen-bond donors (Lipinski definition) is 2. The van der Waals surface area contributed by atoms with Gasteiger partial charge in [0, 0.05) is 6.54 Å². The molecule has 0 spiro atoms. The Morgan fingerprint density at radius 2 is 2.38 bits per heavy atom. The summed E-state index contributed by atoms with van der Waals surface area (Å²) in [5.74, 6) is 0. The number of hydrogen-bond acceptors (Lipinski definition) is 2. The Balaban J connectivity index is 2.99. The van der Waals surface area contributed by atoms with E-state index in [2.05, 4.69) is 11.9 Å². The van der Waals surface area contributed by atoms with Crippen molar-refractivity contribution in [2.75, 3.05) is 20.1 Å². The van der Waals surface area contributed by atoms with Gasteiger partial charge in [0.25, 0.3) is 0 Å². The molecule has 0 saturated heterocycles. The molecule has 0 bridgehead atoms. The van der Waals surface area contributed by atoms with Crippen LogP contribution in [0.5, 0.6) is 0 Å². The summed E-state index contributed by atoms with van der Waals surface area (Å²) in [6.07, 6.45) is 0.993. The average Bonchev–Trinajstić information content (AvgIpc) is 1.83. The summed E-state index contributed by atoms with van der Waals surface area (Å²) in [7, 11) is 1.92. The maximum Gasteiger partial charge on any atom is 0.0134 e. The smallest absolute Gasteiger partial charge is 0.0134 e. The Labute approximate surface area is 50.8 Å². The fraction of sp³-hybridized carbons (Fsp3) is 0.667. The Kier molecular flexibility index (Phi) is 4.61. The lowest BCUT2D eigenvalue weighted by atomic mass is 10.2. The normalized spacial score (nSPS) is 9.25. The van der Waals surface area contributed by atoms with Gasteiger partial charge >= 0.3 is 0 Å². The highest BCUT2D eigenvalue weighted by molar-refractivity contribution is 4.95. The molecule has 8 heavy (non-hydrogen) atoms. The molecule has 0 atom stereocenters. The summed E-state index contributed by atoms with van der Waals surface area (Å²) in [5, 5.41) is 3.02. The van der Waals surface area contributed by atoms with Crippen LogP contribution in [0.15, 0.2) is 12.2 Å². The van der Waals surface area contributed by atoms with Crippen molar-refractivity contribution < 1.29 is 0 Å². The Bertz CT molecular complexity index is 68.9. The van der Waals surface area contributed by atoms with E-state index >= 15 is 0 Å². The molecule has 0 aromatic heterocycles. The quantitative estimate of drug-likeness (QED) is 0.509. The molecular weight excluding hydrogens is 100 g/mol. The van der Waals surface area contributed by atoms with E-state index in [1.165, 1.54) is 0 Å². The second-order valence-corrected chi connectivity index (χ2v) is 1.81. The zero-order chi connectivity index (χ0) is 6.41. The van der Waals surface area contributed by atoms with Gasteiger partial charge in [-0.15, -0.1) is 0 Å². The van der Waals surface area contributed by atoms with Crippen molar-refractivity contribution in [1.82, 2.24) is 5.32 Å². The number of rotatable bonds is 4. The highest BCUT2D eigenvalue weighted by Gasteiger charge is 1.86. The Morgan fingerprint density at radius 1 is 1.75 bits per heavy atom. The van der Waals surface area contributed by atoms with Crippen molar-refractivity contribution >= 4 is 0 Å². The van der Waals surface area contributed by atoms with Crippen LogP contribution >= 0.6 is 0 Å². The van der Waals surface area contributed by atoms with E-state index in [4.69, 9.17) is 5.73 Å². The van der Waals surface area contributed by atoms with Gasteiger partial charge < -0.3 is 11.1 Å². The molecule has 0 aromatic carbocycles. The predicted octanol–water partition coefficient (Wildman–Crippen LogP) is 0.111. The lowest BCUT2D eigenvalue weighted by Crippen LogP contribution is -2.11. The molecular formula is C6H14N2. The van der Waals surface area contributed by atoms with E-state index in [-0.39, 0.29) is 0 Å². The molecule has 0 amide bonds. The van der Waals surface area contributed by atoms with Crippen LogP contribution in [0.25, 0.3) is 0 Å². The van der Waals surface area contributed by atoms with Crippen molar-refractivity contribution in [1.29, 1.82) is 0 Å². The minimum Gasteiger partial charge on any atom is -0.327 e. The third kappa shape index (κ3) is 3.84. The zero-order valence-corrected chi connectivity index (χ0v) is 5.41. The predicted molar refractivity (Wildman–Crippen MR) is 36.7 cm³/mol. The molecule has 0 aromatic rings. The molecule has 0 radical (unpaired) electrons. The SMILES string of the molecule is C=C(CN)CCNC. The minimum atomic E-state index is 0.613. The van der Waals surface area contributed by atoms with Gasteiger partial charge in [0.2, 0.25) is 0 Å². The van der Waals surface area contributed by atoms with Gasteiger partial charge in [-0.1, -0.05) is 12.2 Å². The lowest BCUT2D eigenvalue weighted by Gasteiger charge is -1.98. The van der Waals surface area contributed by atoms with Crippen LogP contribution in [0.4, 0.5) is 0 Å². The maximum atomic E-state index is 5.29. The first-order valence-electron chi connectivity index (χ1n) is 2.82. The van der Waals surface area contributed by atoms with Crippen LogP contribution in [-0.2, 0) is 0 Å². The third-order valence-electron chi connectivity index (χ3n) is 1.02. The Morgan fingerprint density at radius 3 is 2.75 bits per heavy atom. The first kappa shape index (κ1) is 7.66. The van der Waals surface area contributed by atoms with Gasteiger partial charge in [0.05, 0.1) is 0 Å². The van der Waals surface area contributed by atoms with Gasteiger partial charge in [0.1, 0.15) is 0 Å². The summed E-state index contributed by atoms with van der Waals surface area (Å²) < 4.78 is 0. The van der Waals surface area contributed by atoms with Crippen LogP contribution < -0.4 is 11.1 Å². The van der Waals surface area contributed by atoms with Crippen molar-refractivity contribution in [3.8, 4) is 0 Å². The van der Waals surface area contributed by atoms with Crippen LogP contribution in [0.3, 0.4) is 0 Å². The monoisotopic (exact) mass is 114 g/mol. The molecule has 3 N–H and O–H groups in total. The lowest BCUT2D eigenvalue weighted by molar-refractivity contribution is 0.776. The van der Waals surface area contributed by atoms with Gasteiger partial charge in [0.15, 0.2) is 0 Å². The largest absolute Gasteiger partial charge is 0.327 e. The standard InChI is InChI=1S/C6H14N2/c1-6(5-7)3-4-8-2/h8H,1,3-5,7H2,2H3. The first-order chi connectivity index (χ1) is 3.81. The van der Waals surface area contributed by atoms with Crippen molar-refractivity contribution in [2.45, 2.75) is 6.42 Å². The number of nitrogens with two attached hydrogens (primary N) is 1. The molecule has 0 aliphatic rings. The Hall–Kier alpha value is -0.340. The van der Waals surface area contributed by atoms with E-state index in [1.807, 2.05) is 7.05 Å². The maximum absolute atomic E-state index is 5.29. The van der Waals surface area contributed by atoms with E-state index in [9.17, 15) is 0 Å². The molecule has 2 heteroatoms. The van der Waals surface area contributed by atoms with Crippen molar-refractivity contribution in [3.63, 3.8) is 0 Å². The summed E-state index contributed by atoms with van der Waals surface area (Å²) in [4.78, 5) is 0. The molecule has 0 aliphatic carbocycles. The average molecular weight is 114 g/mol. The van der Waals surface area contributed by atoms with Crippen LogP contribution in [0, 0.1) is 0 Å². The third-order valence-corrected chi connectivity index (χ3v) is 1.02. The summed E-state index contributed by atoms with van der Waals surface area (Å²) >= 11 is 0. The molecule has 0 saturated carbocycles. The van der Waals surface area contributed by atoms with E-state index < -0.39 is 0 Å². The molecule has 2 nitrogen and oxygen atoms in total. The minimum absolute atomic E-state index is 0.613. The highest BCUT2D eigenvalue weighted by Crippen LogP contribution is 1.90. The van der Waals surface area contributed by atoms with Crippen LogP contribution in [0.1, 0.15) is 6.42 Å². The molecule has 48 valence electrons. The van der Waals surface area contributed by atoms with E-state index in [0.29, 0.717) is 6.54 Å². The molecule has 0 aliphatic heterocycles. The van der Waals surface area contributed by atoms with Gasteiger partial charge in [-0.2, -0.15) is 0 Å². The van der Waals surface area contributed by atoms with E-state index in [1.54, 1.807) is 0 Å². The summed E-state index contributed by atoms with van der Waals surface area (Å²) in [6.45, 7) is 5.34. The molecule has 0 rings (SSSR count). The number of nitrogens with one attached hydrogen (secondary N) is 1. The molecule has 0 heterocycles. The molecule has 0 unspecified atom stereocenters. The van der Waals surface area contributed by atoms with Crippen molar-refractivity contribution in [2.24, 2.45) is 5.73 Å². The van der Waals surface area contributed by atoms with Crippen molar-refractivity contribution in [3.05, 3.63) is 12.2 Å². The van der Waals surface area contributed by atoms with Gasteiger partial charge in [-0.25, -0.2) is 0 Å². The topological polar surface area (TPSA) is 38.0 Å². The molecule has 0 fully saturated rings. The highest BCUT2D eigenvalue weighted by atomic mass is 14.8. The van der Waals surface area contributed by atoms with E-state index in [0.717, 1.165) is 18.5 Å². The second-order valence-electron chi connectivity index (χ2n) is 1.81. The zero-order valence-electron chi connectivity index (χ0n) is 5.41. The fourth-order valence-electron chi connectivity index (χ4n) is 0.404. The summed E-state index contributed by atoms with van der Waals surface area (Å²) in [5.41, 5.74) is 6.40. The fourth-order valence-corrected chi connectivity index (χ4v) is 0.404.